The minimum absolute atomic E-state index is 0.0497. The van der Waals surface area contributed by atoms with E-state index in [-0.39, 0.29) is 32.7 Å². The van der Waals surface area contributed by atoms with Crippen molar-refractivity contribution in [3.63, 3.8) is 0 Å². The van der Waals surface area contributed by atoms with Gasteiger partial charge in [-0.2, -0.15) is 0 Å². The maximum Gasteiger partial charge on any atom is 0.155 e. The van der Waals surface area contributed by atoms with Crippen LogP contribution in [0.2, 0.25) is 0 Å². The summed E-state index contributed by atoms with van der Waals surface area (Å²) in [6, 6.07) is 0. The van der Waals surface area contributed by atoms with Crippen molar-refractivity contribution in [3.05, 3.63) is 0 Å². The average Bonchev–Trinajstić information content (AvgIpc) is 3.11. The molecule has 26 heavy (non-hydrogen) atoms. The van der Waals surface area contributed by atoms with E-state index in [9.17, 15) is 25.5 Å². The molecule has 7 atom stereocenters. The molecule has 9 heteroatoms. The van der Waals surface area contributed by atoms with Crippen molar-refractivity contribution in [1.82, 2.24) is 0 Å². The second-order valence-corrected chi connectivity index (χ2v) is 7.06. The number of fused-ring (bicyclic) bond motifs is 1. The molecule has 0 spiro atoms. The van der Waals surface area contributed by atoms with E-state index in [1.807, 2.05) is 0 Å². The molecule has 0 bridgehead atoms. The van der Waals surface area contributed by atoms with E-state index in [4.69, 9.17) is 19.3 Å². The van der Waals surface area contributed by atoms with Crippen molar-refractivity contribution < 1.29 is 44.8 Å². The lowest BCUT2D eigenvalue weighted by atomic mass is 9.83. The van der Waals surface area contributed by atoms with E-state index in [1.165, 1.54) is 0 Å². The zero-order chi connectivity index (χ0) is 19.2. The standard InChI is InChI=1S/C17H32O9/c18-6-3-1-2-4-14(23)26-17(8-11(21)9-20)13(5-7-19)25-15-12(22)10-24-16(15)17/h11-16,18-23H,1-10H2/t11?,12-,13?,14?,15-,16+,17+/m1/s1. The van der Waals surface area contributed by atoms with Crippen LogP contribution in [0.5, 0.6) is 0 Å². The van der Waals surface area contributed by atoms with Gasteiger partial charge in [-0.3, -0.25) is 0 Å². The molecule has 0 saturated carbocycles. The number of ether oxygens (including phenoxy) is 3. The Hall–Kier alpha value is -0.360. The fourth-order valence-electron chi connectivity index (χ4n) is 3.88. The minimum atomic E-state index is -1.29. The summed E-state index contributed by atoms with van der Waals surface area (Å²) in [5.41, 5.74) is -1.29. The van der Waals surface area contributed by atoms with Gasteiger partial charge >= 0.3 is 0 Å². The van der Waals surface area contributed by atoms with Crippen LogP contribution >= 0.6 is 0 Å². The van der Waals surface area contributed by atoms with Crippen LogP contribution in [0.4, 0.5) is 0 Å². The van der Waals surface area contributed by atoms with Crippen molar-refractivity contribution in [2.45, 2.75) is 80.9 Å². The third-order valence-electron chi connectivity index (χ3n) is 5.09. The van der Waals surface area contributed by atoms with Gasteiger partial charge in [-0.05, 0) is 25.7 Å². The second kappa shape index (κ2) is 10.3. The molecule has 154 valence electrons. The Morgan fingerprint density at radius 2 is 1.85 bits per heavy atom. The summed E-state index contributed by atoms with van der Waals surface area (Å²) in [6.07, 6.45) is -2.79. The SMILES string of the molecule is OCCCCCC(O)O[C@@]1(CC(O)CO)C(CCO)O[C@@H]2[C@H](O)CO[C@@H]21. The Balaban J connectivity index is 2.15. The average molecular weight is 380 g/mol. The van der Waals surface area contributed by atoms with Crippen molar-refractivity contribution in [1.29, 1.82) is 0 Å². The lowest BCUT2D eigenvalue weighted by molar-refractivity contribution is -0.243. The molecule has 0 aromatic carbocycles. The quantitative estimate of drug-likeness (QED) is 0.171. The van der Waals surface area contributed by atoms with Crippen LogP contribution in [0, 0.1) is 0 Å². The Morgan fingerprint density at radius 3 is 2.50 bits per heavy atom. The van der Waals surface area contributed by atoms with Gasteiger partial charge in [-0.15, -0.1) is 0 Å². The molecule has 0 amide bonds. The van der Waals surface area contributed by atoms with E-state index in [1.54, 1.807) is 0 Å². The molecule has 2 rings (SSSR count). The third kappa shape index (κ3) is 4.92. The van der Waals surface area contributed by atoms with Gasteiger partial charge in [0.05, 0.1) is 25.4 Å². The van der Waals surface area contributed by atoms with Gasteiger partial charge in [0.15, 0.2) is 6.29 Å². The van der Waals surface area contributed by atoms with Crippen molar-refractivity contribution in [3.8, 4) is 0 Å². The van der Waals surface area contributed by atoms with Crippen molar-refractivity contribution >= 4 is 0 Å². The van der Waals surface area contributed by atoms with E-state index in [0.29, 0.717) is 19.3 Å². The van der Waals surface area contributed by atoms with Crippen LogP contribution in [0.3, 0.4) is 0 Å². The summed E-state index contributed by atoms with van der Waals surface area (Å²) < 4.78 is 17.4. The first kappa shape index (κ1) is 21.9. The molecule has 2 saturated heterocycles. The first-order valence-electron chi connectivity index (χ1n) is 9.30. The molecule has 0 aromatic rings. The summed E-state index contributed by atoms with van der Waals surface area (Å²) in [6.45, 7) is -0.559. The predicted octanol–water partition coefficient (Wildman–Crippen LogP) is -1.73. The molecule has 9 nitrogen and oxygen atoms in total. The lowest BCUT2D eigenvalue weighted by Crippen LogP contribution is -2.55. The van der Waals surface area contributed by atoms with Crippen molar-refractivity contribution in [2.24, 2.45) is 0 Å². The zero-order valence-electron chi connectivity index (χ0n) is 14.9. The van der Waals surface area contributed by atoms with Gasteiger partial charge in [0.1, 0.15) is 23.9 Å². The molecule has 2 fully saturated rings. The molecule has 0 aliphatic carbocycles. The topological polar surface area (TPSA) is 149 Å². The minimum Gasteiger partial charge on any atom is -0.396 e. The largest absolute Gasteiger partial charge is 0.396 e. The van der Waals surface area contributed by atoms with E-state index < -0.39 is 49.0 Å². The summed E-state index contributed by atoms with van der Waals surface area (Å²) >= 11 is 0. The van der Waals surface area contributed by atoms with Gasteiger partial charge in [0, 0.05) is 19.6 Å². The van der Waals surface area contributed by atoms with Crippen LogP contribution in [-0.4, -0.2) is 99.5 Å². The second-order valence-electron chi connectivity index (χ2n) is 7.06. The monoisotopic (exact) mass is 380 g/mol. The van der Waals surface area contributed by atoms with Gasteiger partial charge < -0.3 is 44.8 Å². The number of unbranched alkanes of at least 4 members (excludes halogenated alkanes) is 2. The highest BCUT2D eigenvalue weighted by Crippen LogP contribution is 2.46. The summed E-state index contributed by atoms with van der Waals surface area (Å²) in [5, 5.41) is 58.0. The molecular formula is C17H32O9. The van der Waals surface area contributed by atoms with E-state index in [0.717, 1.165) is 6.42 Å². The maximum absolute atomic E-state index is 10.4. The molecule has 6 N–H and O–H groups in total. The number of hydrogen-bond acceptors (Lipinski definition) is 9. The molecule has 2 heterocycles. The van der Waals surface area contributed by atoms with Crippen molar-refractivity contribution in [2.75, 3.05) is 26.4 Å². The summed E-state index contributed by atoms with van der Waals surface area (Å²) in [7, 11) is 0. The fourth-order valence-corrected chi connectivity index (χ4v) is 3.88. The number of aliphatic hydroxyl groups is 6. The van der Waals surface area contributed by atoms with Gasteiger partial charge in [0.2, 0.25) is 0 Å². The Bertz CT molecular complexity index is 410. The first-order valence-corrected chi connectivity index (χ1v) is 9.30. The van der Waals surface area contributed by atoms with Gasteiger partial charge in [-0.25, -0.2) is 0 Å². The molecule has 3 unspecified atom stereocenters. The third-order valence-corrected chi connectivity index (χ3v) is 5.09. The van der Waals surface area contributed by atoms with Gasteiger partial charge in [0.25, 0.3) is 0 Å². The highest BCUT2D eigenvalue weighted by Gasteiger charge is 2.63. The normalized spacial score (nSPS) is 36.2. The maximum atomic E-state index is 10.4. The summed E-state index contributed by atoms with van der Waals surface area (Å²) in [4.78, 5) is 0. The predicted molar refractivity (Wildman–Crippen MR) is 89.2 cm³/mol. The van der Waals surface area contributed by atoms with Crippen LogP contribution < -0.4 is 0 Å². The van der Waals surface area contributed by atoms with Crippen LogP contribution in [0.25, 0.3) is 0 Å². The molecule has 0 aromatic heterocycles. The molecule has 2 aliphatic rings. The lowest BCUT2D eigenvalue weighted by Gasteiger charge is -2.40. The van der Waals surface area contributed by atoms with Crippen LogP contribution in [0.15, 0.2) is 0 Å². The fraction of sp³-hybridized carbons (Fsp3) is 1.00. The van der Waals surface area contributed by atoms with Crippen LogP contribution in [-0.2, 0) is 14.2 Å². The van der Waals surface area contributed by atoms with E-state index >= 15 is 0 Å². The number of aliphatic hydroxyl groups excluding tert-OH is 6. The Labute approximate surface area is 153 Å². The van der Waals surface area contributed by atoms with E-state index in [2.05, 4.69) is 0 Å². The highest BCUT2D eigenvalue weighted by atomic mass is 16.7. The zero-order valence-corrected chi connectivity index (χ0v) is 14.9. The smallest absolute Gasteiger partial charge is 0.155 e. The highest BCUT2D eigenvalue weighted by molar-refractivity contribution is 5.11. The number of rotatable bonds is 12. The molecule has 0 radical (unpaired) electrons. The van der Waals surface area contributed by atoms with Gasteiger partial charge in [-0.1, -0.05) is 6.42 Å². The molecular weight excluding hydrogens is 348 g/mol. The number of hydrogen-bond donors (Lipinski definition) is 6. The Morgan fingerprint density at radius 1 is 1.08 bits per heavy atom. The molecule has 2 aliphatic heterocycles. The Kier molecular flexibility index (Phi) is 8.65. The van der Waals surface area contributed by atoms with Crippen LogP contribution in [0.1, 0.15) is 38.5 Å². The summed E-state index contributed by atoms with van der Waals surface area (Å²) in [5.74, 6) is 0. The first-order chi connectivity index (χ1) is 12.5.